The van der Waals surface area contributed by atoms with E-state index in [4.69, 9.17) is 16.3 Å². The minimum atomic E-state index is -0.208. The Morgan fingerprint density at radius 3 is 3.15 bits per heavy atom. The first-order chi connectivity index (χ1) is 9.74. The molecule has 104 valence electrons. The van der Waals surface area contributed by atoms with Gasteiger partial charge in [-0.2, -0.15) is 0 Å². The van der Waals surface area contributed by atoms with E-state index < -0.39 is 0 Å². The lowest BCUT2D eigenvalue weighted by Crippen LogP contribution is -2.41. The van der Waals surface area contributed by atoms with Crippen molar-refractivity contribution in [1.29, 1.82) is 0 Å². The molecule has 0 spiro atoms. The fraction of sp³-hybridized carbons (Fsp3) is 0.462. The van der Waals surface area contributed by atoms with Gasteiger partial charge in [0, 0.05) is 24.9 Å². The number of hydrogen-bond acceptors (Lipinski definition) is 4. The number of carbonyl (C=O) groups excluding carboxylic acids is 1. The molecule has 2 fully saturated rings. The number of amides is 1. The molecule has 2 aromatic rings. The Morgan fingerprint density at radius 2 is 2.25 bits per heavy atom. The van der Waals surface area contributed by atoms with E-state index in [0.29, 0.717) is 18.3 Å². The van der Waals surface area contributed by atoms with Crippen LogP contribution in [0.5, 0.6) is 0 Å². The molecule has 2 aromatic heterocycles. The van der Waals surface area contributed by atoms with Crippen LogP contribution < -0.4 is 0 Å². The van der Waals surface area contributed by atoms with E-state index in [9.17, 15) is 4.79 Å². The van der Waals surface area contributed by atoms with Crippen LogP contribution in [0.2, 0.25) is 5.15 Å². The van der Waals surface area contributed by atoms with E-state index in [1.807, 2.05) is 15.5 Å². The Bertz CT molecular complexity index is 686. The van der Waals surface area contributed by atoms with Gasteiger partial charge < -0.3 is 9.64 Å². The van der Waals surface area contributed by atoms with Gasteiger partial charge in [-0.25, -0.2) is 14.8 Å². The third-order valence-electron chi connectivity index (χ3n) is 4.15. The smallest absolute Gasteiger partial charge is 0.410 e. The highest BCUT2D eigenvalue weighted by Crippen LogP contribution is 2.33. The van der Waals surface area contributed by atoms with Crippen LogP contribution >= 0.6 is 11.6 Å². The van der Waals surface area contributed by atoms with E-state index in [1.54, 1.807) is 12.4 Å². The topological polar surface area (TPSA) is 59.7 Å². The number of hydrogen-bond donors (Lipinski definition) is 0. The molecule has 7 heteroatoms. The zero-order valence-electron chi connectivity index (χ0n) is 10.7. The van der Waals surface area contributed by atoms with E-state index >= 15 is 0 Å². The summed E-state index contributed by atoms with van der Waals surface area (Å²) in [6, 6.07) is 0.232. The largest absolute Gasteiger partial charge is 0.447 e. The van der Waals surface area contributed by atoms with Gasteiger partial charge in [-0.15, -0.1) is 0 Å². The molecule has 0 aliphatic carbocycles. The third-order valence-corrected chi connectivity index (χ3v) is 4.44. The van der Waals surface area contributed by atoms with Crippen molar-refractivity contribution < 1.29 is 9.53 Å². The van der Waals surface area contributed by atoms with E-state index in [-0.39, 0.29) is 18.1 Å². The SMILES string of the molecule is O=C1OC[C@@H]2CC[C@@H](c3ncc4c(Cl)nccn34)CN12. The molecule has 0 unspecified atom stereocenters. The molecular weight excluding hydrogens is 280 g/mol. The zero-order valence-corrected chi connectivity index (χ0v) is 11.5. The standard InChI is InChI=1S/C13H13ClN4O2/c14-11-10-5-16-12(17(10)4-3-15-11)8-1-2-9-7-20-13(19)18(9)6-8/h3-5,8-9H,1-2,6-7H2/t8-,9+/m1/s1. The summed E-state index contributed by atoms with van der Waals surface area (Å²) in [5.41, 5.74) is 0.801. The van der Waals surface area contributed by atoms with Gasteiger partial charge in [0.2, 0.25) is 0 Å². The average molecular weight is 293 g/mol. The summed E-state index contributed by atoms with van der Waals surface area (Å²) in [4.78, 5) is 22.0. The molecule has 0 radical (unpaired) electrons. The van der Waals surface area contributed by atoms with Crippen molar-refractivity contribution in [2.24, 2.45) is 0 Å². The molecule has 1 amide bonds. The number of cyclic esters (lactones) is 1. The summed E-state index contributed by atoms with van der Waals surface area (Å²) in [6.45, 7) is 1.17. The molecule has 2 atom stereocenters. The maximum absolute atomic E-state index is 11.7. The summed E-state index contributed by atoms with van der Waals surface area (Å²) >= 11 is 6.07. The maximum atomic E-state index is 11.7. The van der Waals surface area contributed by atoms with Crippen LogP contribution in [-0.2, 0) is 4.74 Å². The van der Waals surface area contributed by atoms with Crippen LogP contribution in [0.4, 0.5) is 4.79 Å². The minimum absolute atomic E-state index is 0.206. The first-order valence-electron chi connectivity index (χ1n) is 6.65. The molecule has 6 nitrogen and oxygen atoms in total. The van der Waals surface area contributed by atoms with Crippen LogP contribution in [-0.4, -0.2) is 44.6 Å². The minimum Gasteiger partial charge on any atom is -0.447 e. The van der Waals surface area contributed by atoms with Crippen molar-refractivity contribution in [3.05, 3.63) is 29.6 Å². The monoisotopic (exact) mass is 292 g/mol. The Balaban J connectivity index is 1.70. The lowest BCUT2D eigenvalue weighted by atomic mass is 9.93. The van der Waals surface area contributed by atoms with Crippen LogP contribution in [0.1, 0.15) is 24.6 Å². The van der Waals surface area contributed by atoms with Gasteiger partial charge in [-0.05, 0) is 12.8 Å². The number of rotatable bonds is 1. The number of imidazole rings is 1. The highest BCUT2D eigenvalue weighted by molar-refractivity contribution is 6.32. The van der Waals surface area contributed by atoms with E-state index in [0.717, 1.165) is 24.2 Å². The Morgan fingerprint density at radius 1 is 1.35 bits per heavy atom. The Labute approximate surface area is 120 Å². The van der Waals surface area contributed by atoms with E-state index in [2.05, 4.69) is 9.97 Å². The molecule has 0 bridgehead atoms. The van der Waals surface area contributed by atoms with Gasteiger partial charge in [0.15, 0.2) is 5.15 Å². The quantitative estimate of drug-likeness (QED) is 0.807. The lowest BCUT2D eigenvalue weighted by molar-refractivity contribution is 0.150. The predicted octanol–water partition coefficient (Wildman–Crippen LogP) is 2.08. The molecule has 2 aliphatic heterocycles. The van der Waals surface area contributed by atoms with Crippen molar-refractivity contribution >= 4 is 23.2 Å². The first-order valence-corrected chi connectivity index (χ1v) is 7.02. The lowest BCUT2D eigenvalue weighted by Gasteiger charge is -2.31. The molecule has 4 rings (SSSR count). The number of fused-ring (bicyclic) bond motifs is 2. The second-order valence-electron chi connectivity index (χ2n) is 5.25. The summed E-state index contributed by atoms with van der Waals surface area (Å²) in [7, 11) is 0. The molecule has 0 N–H and O–H groups in total. The molecule has 0 aromatic carbocycles. The molecule has 2 aliphatic rings. The molecule has 4 heterocycles. The molecular formula is C13H13ClN4O2. The fourth-order valence-corrected chi connectivity index (χ4v) is 3.30. The number of ether oxygens (including phenoxy) is 1. The molecule has 20 heavy (non-hydrogen) atoms. The number of aromatic nitrogens is 3. The van der Waals surface area contributed by atoms with Crippen molar-refractivity contribution in [1.82, 2.24) is 19.3 Å². The van der Waals surface area contributed by atoms with Crippen LogP contribution in [0.3, 0.4) is 0 Å². The Hall–Kier alpha value is -1.82. The number of halogens is 1. The second kappa shape index (κ2) is 4.34. The van der Waals surface area contributed by atoms with Gasteiger partial charge in [-0.1, -0.05) is 11.6 Å². The van der Waals surface area contributed by atoms with Gasteiger partial charge in [-0.3, -0.25) is 4.40 Å². The summed E-state index contributed by atoms with van der Waals surface area (Å²) < 4.78 is 7.06. The Kier molecular flexibility index (Phi) is 2.60. The fourth-order valence-electron chi connectivity index (χ4n) is 3.10. The van der Waals surface area contributed by atoms with Crippen molar-refractivity contribution in [3.63, 3.8) is 0 Å². The number of carbonyl (C=O) groups is 1. The second-order valence-corrected chi connectivity index (χ2v) is 5.61. The summed E-state index contributed by atoms with van der Waals surface area (Å²) in [5.74, 6) is 1.14. The predicted molar refractivity (Wildman–Crippen MR) is 71.8 cm³/mol. The molecule has 2 saturated heterocycles. The van der Waals surface area contributed by atoms with Crippen molar-refractivity contribution in [2.45, 2.75) is 24.8 Å². The number of nitrogens with zero attached hydrogens (tertiary/aromatic N) is 4. The van der Waals surface area contributed by atoms with Crippen LogP contribution in [0, 0.1) is 0 Å². The van der Waals surface area contributed by atoms with Crippen LogP contribution in [0.25, 0.3) is 5.52 Å². The number of piperidine rings is 1. The summed E-state index contributed by atoms with van der Waals surface area (Å²) in [6.07, 6.45) is 6.99. The van der Waals surface area contributed by atoms with Crippen molar-refractivity contribution in [3.8, 4) is 0 Å². The van der Waals surface area contributed by atoms with Crippen molar-refractivity contribution in [2.75, 3.05) is 13.2 Å². The van der Waals surface area contributed by atoms with Gasteiger partial charge in [0.05, 0.1) is 12.2 Å². The normalized spacial score (nSPS) is 25.9. The van der Waals surface area contributed by atoms with Gasteiger partial charge in [0.1, 0.15) is 17.9 Å². The highest BCUT2D eigenvalue weighted by atomic mass is 35.5. The highest BCUT2D eigenvalue weighted by Gasteiger charge is 2.39. The van der Waals surface area contributed by atoms with Crippen LogP contribution in [0.15, 0.2) is 18.6 Å². The molecule has 0 saturated carbocycles. The van der Waals surface area contributed by atoms with Gasteiger partial charge >= 0.3 is 6.09 Å². The zero-order chi connectivity index (χ0) is 13.7. The van der Waals surface area contributed by atoms with Gasteiger partial charge in [0.25, 0.3) is 0 Å². The summed E-state index contributed by atoms with van der Waals surface area (Å²) in [5, 5.41) is 0.445. The average Bonchev–Trinajstić information content (AvgIpc) is 3.04. The maximum Gasteiger partial charge on any atom is 0.410 e. The third kappa shape index (κ3) is 1.67. The first kappa shape index (κ1) is 12.0. The van der Waals surface area contributed by atoms with E-state index in [1.165, 1.54) is 0 Å².